The number of rotatable bonds is 3. The Kier molecular flexibility index (Phi) is 115. The van der Waals surface area contributed by atoms with Crippen LogP contribution in [0.3, 0.4) is 0 Å². The zero-order chi connectivity index (χ0) is 11.7. The molecule has 0 aliphatic carbocycles. The van der Waals surface area contributed by atoms with E-state index >= 15 is 0 Å². The minimum absolute atomic E-state index is 0. The summed E-state index contributed by atoms with van der Waals surface area (Å²) in [4.78, 5) is 10.1. The van der Waals surface area contributed by atoms with Crippen LogP contribution in [0.25, 0.3) is 0 Å². The van der Waals surface area contributed by atoms with E-state index in [1.54, 1.807) is 19.8 Å². The van der Waals surface area contributed by atoms with E-state index in [2.05, 4.69) is 26.9 Å². The number of unbranched alkanes of at least 4 members (excludes halogenated alkanes) is 1. The predicted molar refractivity (Wildman–Crippen MR) is 41.0 cm³/mol. The van der Waals surface area contributed by atoms with Gasteiger partial charge in [0.25, 0.3) is 0 Å². The molecule has 0 fully saturated rings. The van der Waals surface area contributed by atoms with Crippen molar-refractivity contribution in [3.63, 3.8) is 0 Å². The molecule has 0 saturated carbocycles. The fourth-order valence-corrected chi connectivity index (χ4v) is 0.249. The van der Waals surface area contributed by atoms with Gasteiger partial charge in [-0.1, -0.05) is 0 Å². The maximum absolute atomic E-state index is 10.1. The van der Waals surface area contributed by atoms with E-state index in [9.17, 15) is 4.79 Å². The van der Waals surface area contributed by atoms with Crippen molar-refractivity contribution >= 4 is 5.78 Å². The van der Waals surface area contributed by atoms with Crippen LogP contribution < -0.4 is 0 Å². The Morgan fingerprint density at radius 3 is 1.57 bits per heavy atom. The van der Waals surface area contributed by atoms with Crippen molar-refractivity contribution in [3.8, 4) is 0 Å². The molecule has 0 heterocycles. The Balaban J connectivity index is -0.0000000332. The molecule has 0 aromatic rings. The topological polar surface area (TPSA) is 76.8 Å². The fraction of sp³-hybridized carbons (Fsp3) is 0.222. The second-order valence-corrected chi connectivity index (χ2v) is 1.38. The summed E-state index contributed by atoms with van der Waals surface area (Å²) >= 11 is 0. The van der Waals surface area contributed by atoms with Gasteiger partial charge >= 0.3 is 33.9 Å². The third-order valence-electron chi connectivity index (χ3n) is 0.572. The molecule has 78 valence electrons. The van der Waals surface area contributed by atoms with Crippen LogP contribution in [0, 0.1) is 39.7 Å². The van der Waals surface area contributed by atoms with Gasteiger partial charge in [0, 0.05) is 23.2 Å². The van der Waals surface area contributed by atoms with Gasteiger partial charge < -0.3 is 4.79 Å². The van der Waals surface area contributed by atoms with Gasteiger partial charge in [0.05, 0.1) is 0 Å². The van der Waals surface area contributed by atoms with Crippen LogP contribution in [-0.2, 0) is 35.5 Å². The van der Waals surface area contributed by atoms with Crippen molar-refractivity contribution in [1.29, 1.82) is 0 Å². The van der Waals surface area contributed by atoms with Gasteiger partial charge in [-0.05, 0) is 26.7 Å². The third-order valence-corrected chi connectivity index (χ3v) is 0.572. The van der Waals surface area contributed by atoms with Gasteiger partial charge in [0.15, 0.2) is 0 Å². The van der Waals surface area contributed by atoms with Gasteiger partial charge in [-0.25, -0.2) is 0 Å². The van der Waals surface area contributed by atoms with Crippen molar-refractivity contribution in [2.45, 2.75) is 13.3 Å². The van der Waals surface area contributed by atoms with E-state index in [0.717, 1.165) is 0 Å². The molecule has 4 radical (unpaired) electrons. The van der Waals surface area contributed by atoms with Gasteiger partial charge in [-0.2, -0.15) is 0 Å². The summed E-state index contributed by atoms with van der Waals surface area (Å²) in [5.41, 5.74) is 0. The summed E-state index contributed by atoms with van der Waals surface area (Å²) in [5, 5.41) is 0. The van der Waals surface area contributed by atoms with Crippen LogP contribution in [0.4, 0.5) is 0 Å². The van der Waals surface area contributed by atoms with E-state index in [0.29, 0.717) is 6.42 Å². The SMILES string of the molecule is [C-]#[O+].[C-]#[O+].[C-]#[O+].[CH2][CH][CH]CC(C)=O.[Co]. The molecule has 0 amide bonds. The minimum atomic E-state index is 0. The van der Waals surface area contributed by atoms with Gasteiger partial charge in [0.2, 0.25) is 0 Å². The number of Topliss-reactive ketones (excluding diaryl/α,β-unsaturated/α-hetero) is 1. The molecule has 14 heavy (non-hydrogen) atoms. The van der Waals surface area contributed by atoms with E-state index in [1.807, 2.05) is 0 Å². The maximum atomic E-state index is 10.1. The normalized spacial score (nSPS) is 4.86. The Hall–Kier alpha value is -0.604. The first-order chi connectivity index (χ1) is 6.27. The zero-order valence-corrected chi connectivity index (χ0v) is 8.58. The Morgan fingerprint density at radius 1 is 1.21 bits per heavy atom. The van der Waals surface area contributed by atoms with E-state index in [1.165, 1.54) is 0 Å². The van der Waals surface area contributed by atoms with E-state index < -0.39 is 0 Å². The Morgan fingerprint density at radius 2 is 1.50 bits per heavy atom. The first-order valence-electron chi connectivity index (χ1n) is 2.82. The monoisotopic (exact) mass is 240 g/mol. The second-order valence-electron chi connectivity index (χ2n) is 1.38. The smallest absolute Gasteiger partial charge is 0.130 e. The summed E-state index contributed by atoms with van der Waals surface area (Å²) in [6.45, 7) is 18.5. The molecule has 0 aromatic heterocycles. The molecule has 0 aliphatic rings. The summed E-state index contributed by atoms with van der Waals surface area (Å²) in [5.74, 6) is 0.180. The molecule has 0 spiro atoms. The largest absolute Gasteiger partial charge is 0.300 e. The van der Waals surface area contributed by atoms with Crippen molar-refractivity contribution in [1.82, 2.24) is 0 Å². The molecule has 0 aliphatic heterocycles. The number of hydrogen-bond donors (Lipinski definition) is 0. The molecule has 5 heteroatoms. The molecule has 4 nitrogen and oxygen atoms in total. The number of carbonyl (C=O) groups excluding carboxylic acids is 1. The molecule has 0 aromatic carbocycles. The number of carbonyl (C=O) groups is 1. The first kappa shape index (κ1) is 29.2. The second kappa shape index (κ2) is 55.3. The van der Waals surface area contributed by atoms with Gasteiger partial charge in [-0.15, -0.1) is 0 Å². The summed E-state index contributed by atoms with van der Waals surface area (Å²) in [6.07, 6.45) is 3.88. The standard InChI is InChI=1S/C6H9O.3CO.Co/c1-3-4-5-6(2)7;3*1-2;/h3-4H,1,5H2,2H3;;;;. The van der Waals surface area contributed by atoms with Crippen molar-refractivity contribution in [2.75, 3.05) is 0 Å². The Labute approximate surface area is 94.8 Å². The van der Waals surface area contributed by atoms with Crippen LogP contribution in [0.1, 0.15) is 13.3 Å². The van der Waals surface area contributed by atoms with Crippen LogP contribution in [0.15, 0.2) is 0 Å². The molecule has 0 rings (SSSR count). The average molecular weight is 240 g/mol. The van der Waals surface area contributed by atoms with Crippen molar-refractivity contribution in [3.05, 3.63) is 39.7 Å². The quantitative estimate of drug-likeness (QED) is 0.537. The number of ketones is 1. The third kappa shape index (κ3) is 107. The van der Waals surface area contributed by atoms with Gasteiger partial charge in [-0.3, -0.25) is 0 Å². The van der Waals surface area contributed by atoms with Crippen LogP contribution in [0.5, 0.6) is 0 Å². The first-order valence-corrected chi connectivity index (χ1v) is 2.82. The Bertz CT molecular complexity index is 134. The predicted octanol–water partition coefficient (Wildman–Crippen LogP) is 1.09. The molecule has 0 bridgehead atoms. The van der Waals surface area contributed by atoms with Crippen molar-refractivity contribution < 1.29 is 35.5 Å². The maximum Gasteiger partial charge on any atom is 0.130 e. The minimum Gasteiger partial charge on any atom is -0.300 e. The van der Waals surface area contributed by atoms with Crippen LogP contribution in [0.2, 0.25) is 0 Å². The van der Waals surface area contributed by atoms with Crippen LogP contribution >= 0.6 is 0 Å². The van der Waals surface area contributed by atoms with Crippen LogP contribution in [-0.4, -0.2) is 5.78 Å². The summed E-state index contributed by atoms with van der Waals surface area (Å²) < 4.78 is 22.5. The summed E-state index contributed by atoms with van der Waals surface area (Å²) in [7, 11) is 0. The molecular formula is C9H9CoO4. The molecular weight excluding hydrogens is 231 g/mol. The number of hydrogen-bond acceptors (Lipinski definition) is 1. The fourth-order valence-electron chi connectivity index (χ4n) is 0.249. The van der Waals surface area contributed by atoms with Crippen molar-refractivity contribution in [2.24, 2.45) is 0 Å². The molecule has 0 N–H and O–H groups in total. The van der Waals surface area contributed by atoms with E-state index in [-0.39, 0.29) is 22.6 Å². The van der Waals surface area contributed by atoms with Gasteiger partial charge in [0.1, 0.15) is 5.78 Å². The molecule has 0 unspecified atom stereocenters. The molecule has 0 saturated heterocycles. The zero-order valence-electron chi connectivity index (χ0n) is 7.54. The van der Waals surface area contributed by atoms with E-state index in [4.69, 9.17) is 14.0 Å². The molecule has 0 atom stereocenters. The average Bonchev–Trinajstić information content (AvgIpc) is 2.24. The summed E-state index contributed by atoms with van der Waals surface area (Å²) in [6, 6.07) is 0.